The first-order chi connectivity index (χ1) is 9.67. The number of carbonyl (C=O) groups is 1. The van der Waals surface area contributed by atoms with Crippen molar-refractivity contribution in [1.82, 2.24) is 15.3 Å². The molecule has 1 aromatic heterocycles. The fourth-order valence-electron chi connectivity index (χ4n) is 3.84. The lowest BCUT2D eigenvalue weighted by atomic mass is 9.84. The van der Waals surface area contributed by atoms with Crippen LogP contribution in [0.3, 0.4) is 0 Å². The number of hydrogen-bond donors (Lipinski definition) is 3. The van der Waals surface area contributed by atoms with Gasteiger partial charge in [-0.2, -0.15) is 0 Å². The molecule has 2 fully saturated rings. The van der Waals surface area contributed by atoms with Gasteiger partial charge in [-0.25, -0.2) is 10.8 Å². The molecular weight excluding hydrogens is 254 g/mol. The van der Waals surface area contributed by atoms with E-state index in [1.165, 1.54) is 38.1 Å². The average molecular weight is 275 g/mol. The van der Waals surface area contributed by atoms with Gasteiger partial charge in [0.15, 0.2) is 5.82 Å². The van der Waals surface area contributed by atoms with E-state index in [0.29, 0.717) is 17.4 Å². The highest BCUT2D eigenvalue weighted by molar-refractivity contribution is 5.92. The van der Waals surface area contributed by atoms with E-state index >= 15 is 0 Å². The van der Waals surface area contributed by atoms with Crippen molar-refractivity contribution in [2.24, 2.45) is 23.6 Å². The predicted molar refractivity (Wildman–Crippen MR) is 75.7 cm³/mol. The van der Waals surface area contributed by atoms with Crippen LogP contribution in [0.25, 0.3) is 0 Å². The van der Waals surface area contributed by atoms with Crippen molar-refractivity contribution < 1.29 is 4.79 Å². The molecule has 6 nitrogen and oxygen atoms in total. The second-order valence-corrected chi connectivity index (χ2v) is 6.03. The highest BCUT2D eigenvalue weighted by atomic mass is 16.1. The minimum atomic E-state index is -0.176. The Kier molecular flexibility index (Phi) is 3.56. The minimum absolute atomic E-state index is 0.176. The van der Waals surface area contributed by atoms with Crippen LogP contribution >= 0.6 is 0 Å². The van der Waals surface area contributed by atoms with Gasteiger partial charge in [0.25, 0.3) is 5.91 Å². The molecular formula is C14H21N5O. The van der Waals surface area contributed by atoms with Crippen LogP contribution in [0.15, 0.2) is 12.4 Å². The second kappa shape index (κ2) is 5.36. The van der Waals surface area contributed by atoms with Gasteiger partial charge in [0.1, 0.15) is 5.69 Å². The molecule has 2 saturated carbocycles. The molecule has 2 aliphatic carbocycles. The Labute approximate surface area is 118 Å². The summed E-state index contributed by atoms with van der Waals surface area (Å²) >= 11 is 0. The highest BCUT2D eigenvalue weighted by Gasteiger charge is 2.42. The minimum Gasteiger partial charge on any atom is -0.348 e. The number of nitrogens with two attached hydrogens (primary N) is 1. The molecule has 0 aliphatic heterocycles. The summed E-state index contributed by atoms with van der Waals surface area (Å²) in [7, 11) is 0. The van der Waals surface area contributed by atoms with E-state index in [1.54, 1.807) is 0 Å². The maximum Gasteiger partial charge on any atom is 0.271 e. The van der Waals surface area contributed by atoms with Crippen LogP contribution < -0.4 is 16.6 Å². The molecule has 4 unspecified atom stereocenters. The zero-order valence-corrected chi connectivity index (χ0v) is 11.7. The number of hydrogen-bond acceptors (Lipinski definition) is 5. The Morgan fingerprint density at radius 2 is 2.25 bits per heavy atom. The standard InChI is InChI=1S/C14H21N5O/c1-8(11-5-9-2-3-10(11)4-9)17-14(20)12-6-16-7-13(18-12)19-15/h6-11H,2-5,15H2,1H3,(H,17,20)(H,18,19). The smallest absolute Gasteiger partial charge is 0.271 e. The van der Waals surface area contributed by atoms with Gasteiger partial charge in [0.05, 0.1) is 12.4 Å². The number of nitrogen functional groups attached to an aromatic ring is 1. The van der Waals surface area contributed by atoms with E-state index in [-0.39, 0.29) is 11.9 Å². The lowest BCUT2D eigenvalue weighted by Crippen LogP contribution is -2.40. The fourth-order valence-corrected chi connectivity index (χ4v) is 3.84. The van der Waals surface area contributed by atoms with Crippen LogP contribution in [-0.4, -0.2) is 21.9 Å². The fraction of sp³-hybridized carbons (Fsp3) is 0.643. The first kappa shape index (κ1) is 13.3. The summed E-state index contributed by atoms with van der Waals surface area (Å²) < 4.78 is 0. The number of anilines is 1. The maximum absolute atomic E-state index is 12.2. The molecule has 20 heavy (non-hydrogen) atoms. The van der Waals surface area contributed by atoms with Gasteiger partial charge < -0.3 is 10.7 Å². The van der Waals surface area contributed by atoms with E-state index in [4.69, 9.17) is 5.84 Å². The van der Waals surface area contributed by atoms with Crippen molar-refractivity contribution in [2.75, 3.05) is 5.43 Å². The van der Waals surface area contributed by atoms with Crippen LogP contribution in [0, 0.1) is 17.8 Å². The van der Waals surface area contributed by atoms with Gasteiger partial charge >= 0.3 is 0 Å². The number of nitrogens with one attached hydrogen (secondary N) is 2. The van der Waals surface area contributed by atoms with Crippen molar-refractivity contribution in [3.8, 4) is 0 Å². The third-order valence-corrected chi connectivity index (χ3v) is 4.81. The lowest BCUT2D eigenvalue weighted by Gasteiger charge is -2.28. The topological polar surface area (TPSA) is 92.9 Å². The second-order valence-electron chi connectivity index (χ2n) is 6.03. The molecule has 4 N–H and O–H groups in total. The zero-order chi connectivity index (χ0) is 14.1. The lowest BCUT2D eigenvalue weighted by molar-refractivity contribution is 0.0910. The summed E-state index contributed by atoms with van der Waals surface area (Å²) in [5.41, 5.74) is 2.70. The molecule has 4 atom stereocenters. The molecule has 2 bridgehead atoms. The van der Waals surface area contributed by atoms with Crippen LogP contribution in [-0.2, 0) is 0 Å². The van der Waals surface area contributed by atoms with Gasteiger partial charge in [-0.15, -0.1) is 0 Å². The van der Waals surface area contributed by atoms with Crippen molar-refractivity contribution >= 4 is 11.7 Å². The summed E-state index contributed by atoms with van der Waals surface area (Å²) in [6.45, 7) is 2.10. The van der Waals surface area contributed by atoms with Crippen LogP contribution in [0.2, 0.25) is 0 Å². The van der Waals surface area contributed by atoms with Crippen molar-refractivity contribution in [3.63, 3.8) is 0 Å². The highest BCUT2D eigenvalue weighted by Crippen LogP contribution is 2.49. The molecule has 1 heterocycles. The van der Waals surface area contributed by atoms with Gasteiger partial charge in [-0.05, 0) is 43.9 Å². The van der Waals surface area contributed by atoms with E-state index in [9.17, 15) is 4.79 Å². The first-order valence-corrected chi connectivity index (χ1v) is 7.27. The number of rotatable bonds is 4. The molecule has 0 spiro atoms. The predicted octanol–water partition coefficient (Wildman–Crippen LogP) is 1.32. The molecule has 1 amide bonds. The number of aromatic nitrogens is 2. The molecule has 6 heteroatoms. The summed E-state index contributed by atoms with van der Waals surface area (Å²) in [6, 6.07) is 0.189. The average Bonchev–Trinajstić information content (AvgIpc) is 3.10. The maximum atomic E-state index is 12.2. The van der Waals surface area contributed by atoms with E-state index in [1.807, 2.05) is 0 Å². The Balaban J connectivity index is 1.63. The quantitative estimate of drug-likeness (QED) is 0.569. The van der Waals surface area contributed by atoms with Crippen molar-refractivity contribution in [3.05, 3.63) is 18.1 Å². The summed E-state index contributed by atoms with van der Waals surface area (Å²) in [6.07, 6.45) is 8.23. The van der Waals surface area contributed by atoms with Crippen LogP contribution in [0.4, 0.5) is 5.82 Å². The van der Waals surface area contributed by atoms with Crippen LogP contribution in [0.1, 0.15) is 43.1 Å². The molecule has 3 rings (SSSR count). The molecule has 0 saturated heterocycles. The normalized spacial score (nSPS) is 29.2. The Hall–Kier alpha value is -1.69. The van der Waals surface area contributed by atoms with Gasteiger partial charge in [0.2, 0.25) is 0 Å². The number of hydrazine groups is 1. The molecule has 0 aromatic carbocycles. The number of fused-ring (bicyclic) bond motifs is 2. The Morgan fingerprint density at radius 1 is 1.40 bits per heavy atom. The monoisotopic (exact) mass is 275 g/mol. The van der Waals surface area contributed by atoms with Gasteiger partial charge in [-0.3, -0.25) is 9.78 Å². The van der Waals surface area contributed by atoms with Gasteiger partial charge in [0, 0.05) is 6.04 Å². The van der Waals surface area contributed by atoms with Crippen LogP contribution in [0.5, 0.6) is 0 Å². The molecule has 2 aliphatic rings. The number of nitrogens with zero attached hydrogens (tertiary/aromatic N) is 2. The SMILES string of the molecule is CC(NC(=O)c1cncc(NN)n1)C1CC2CCC1C2. The first-order valence-electron chi connectivity index (χ1n) is 7.27. The van der Waals surface area contributed by atoms with E-state index in [0.717, 1.165) is 11.8 Å². The zero-order valence-electron chi connectivity index (χ0n) is 11.7. The summed E-state index contributed by atoms with van der Waals surface area (Å²) in [5, 5.41) is 3.06. The molecule has 0 radical (unpaired) electrons. The number of carbonyl (C=O) groups excluding carboxylic acids is 1. The van der Waals surface area contributed by atoms with Gasteiger partial charge in [-0.1, -0.05) is 6.42 Å². The van der Waals surface area contributed by atoms with E-state index in [2.05, 4.69) is 27.6 Å². The van der Waals surface area contributed by atoms with Crippen molar-refractivity contribution in [1.29, 1.82) is 0 Å². The molecule has 108 valence electrons. The largest absolute Gasteiger partial charge is 0.348 e. The summed E-state index contributed by atoms with van der Waals surface area (Å²) in [5.74, 6) is 7.78. The molecule has 1 aromatic rings. The third kappa shape index (κ3) is 2.47. The summed E-state index contributed by atoms with van der Waals surface area (Å²) in [4.78, 5) is 20.3. The Bertz CT molecular complexity index is 506. The Morgan fingerprint density at radius 3 is 2.90 bits per heavy atom. The number of amides is 1. The van der Waals surface area contributed by atoms with Crippen molar-refractivity contribution in [2.45, 2.75) is 38.6 Å². The third-order valence-electron chi connectivity index (χ3n) is 4.81. The van der Waals surface area contributed by atoms with E-state index < -0.39 is 0 Å².